The molecule has 0 fully saturated rings. The third-order valence-corrected chi connectivity index (χ3v) is 1.38. The third-order valence-electron chi connectivity index (χ3n) is 1.38. The van der Waals surface area contributed by atoms with E-state index >= 15 is 0 Å². The molecule has 0 saturated carbocycles. The molecule has 0 aliphatic heterocycles. The van der Waals surface area contributed by atoms with Crippen LogP contribution in [0.5, 0.6) is 0 Å². The summed E-state index contributed by atoms with van der Waals surface area (Å²) in [7, 11) is 0. The van der Waals surface area contributed by atoms with Crippen LogP contribution in [0.15, 0.2) is 16.9 Å². The molecule has 0 aromatic carbocycles. The maximum absolute atomic E-state index is 11.8. The minimum atomic E-state index is -6.47. The van der Waals surface area contributed by atoms with Crippen molar-refractivity contribution in [3.05, 3.63) is 16.9 Å². The van der Waals surface area contributed by atoms with E-state index in [0.29, 0.717) is 0 Å². The van der Waals surface area contributed by atoms with Gasteiger partial charge in [-0.15, -0.1) is 0 Å². The van der Waals surface area contributed by atoms with Gasteiger partial charge in [0.1, 0.15) is 0 Å². The van der Waals surface area contributed by atoms with Gasteiger partial charge < -0.3 is 0 Å². The second-order valence-electron chi connectivity index (χ2n) is 2.87. The molecule has 12 heteroatoms. The van der Waals surface area contributed by atoms with Crippen molar-refractivity contribution in [2.24, 2.45) is 0 Å². The van der Waals surface area contributed by atoms with Crippen LogP contribution in [0.4, 0.5) is 52.7 Å². The Morgan fingerprint density at radius 3 is 0.684 bits per heavy atom. The van der Waals surface area contributed by atoms with Crippen LogP contribution >= 0.6 is 0 Å². The lowest BCUT2D eigenvalue weighted by Crippen LogP contribution is -2.29. The van der Waals surface area contributed by atoms with Gasteiger partial charge in [0.2, 0.25) is 0 Å². The molecular weight excluding hydrogens is 312 g/mol. The van der Waals surface area contributed by atoms with Gasteiger partial charge in [0.15, 0.2) is 11.1 Å². The normalized spacial score (nSPS) is 14.1. The third kappa shape index (κ3) is 5.05. The molecule has 0 unspecified atom stereocenters. The lowest BCUT2D eigenvalue weighted by atomic mass is 10.2. The predicted octanol–water partition coefficient (Wildman–Crippen LogP) is 4.69. The number of halogens is 12. The quantitative estimate of drug-likeness (QED) is 0.450. The van der Waals surface area contributed by atoms with Crippen molar-refractivity contribution >= 4 is 0 Å². The summed E-state index contributed by atoms with van der Waals surface area (Å²) in [5, 5.41) is 0. The summed E-state index contributed by atoms with van der Waals surface area (Å²) in [5.74, 6) is 0. The Hall–Kier alpha value is -1.32. The summed E-state index contributed by atoms with van der Waals surface area (Å²) < 4.78 is 141. The maximum Gasteiger partial charge on any atom is 0.428 e. The molecule has 0 amide bonds. The zero-order valence-electron chi connectivity index (χ0n) is 8.04. The SMILES string of the molecule is FC(F)(F)C(=C=C(C(F)(F)F)C(F)(F)F)C(F)(F)F. The van der Waals surface area contributed by atoms with Gasteiger partial charge in [0, 0.05) is 0 Å². The fourth-order valence-electron chi connectivity index (χ4n) is 0.730. The van der Waals surface area contributed by atoms with Gasteiger partial charge in [0.05, 0.1) is 0 Å². The molecule has 0 saturated heterocycles. The fourth-order valence-corrected chi connectivity index (χ4v) is 0.730. The lowest BCUT2D eigenvalue weighted by Gasteiger charge is -2.15. The van der Waals surface area contributed by atoms with Gasteiger partial charge in [-0.3, -0.25) is 0 Å². The van der Waals surface area contributed by atoms with Crippen LogP contribution in [-0.2, 0) is 0 Å². The van der Waals surface area contributed by atoms with Crippen LogP contribution in [0.3, 0.4) is 0 Å². The van der Waals surface area contributed by atoms with Crippen LogP contribution in [0, 0.1) is 0 Å². The monoisotopic (exact) mass is 312 g/mol. The summed E-state index contributed by atoms with van der Waals surface area (Å²) in [6.45, 7) is 0. The Morgan fingerprint density at radius 2 is 0.579 bits per heavy atom. The van der Waals surface area contributed by atoms with E-state index in [1.54, 1.807) is 0 Å². The molecule has 0 nitrogen and oxygen atoms in total. The Kier molecular flexibility index (Phi) is 4.33. The number of hydrogen-bond donors (Lipinski definition) is 0. The second-order valence-corrected chi connectivity index (χ2v) is 2.87. The molecule has 0 spiro atoms. The highest BCUT2D eigenvalue weighted by atomic mass is 19.4. The summed E-state index contributed by atoms with van der Waals surface area (Å²) in [5.41, 5.74) is -8.70. The van der Waals surface area contributed by atoms with E-state index < -0.39 is 41.6 Å². The minimum Gasteiger partial charge on any atom is -0.165 e. The predicted molar refractivity (Wildman–Crippen MR) is 34.8 cm³/mol. The van der Waals surface area contributed by atoms with Crippen LogP contribution in [0.25, 0.3) is 0 Å². The number of alkyl halides is 12. The maximum atomic E-state index is 11.8. The van der Waals surface area contributed by atoms with E-state index in [-0.39, 0.29) is 0 Å². The number of allylic oxidation sites excluding steroid dienone is 1. The molecule has 0 aliphatic carbocycles. The van der Waals surface area contributed by atoms with Gasteiger partial charge in [-0.1, -0.05) is 5.73 Å². The highest BCUT2D eigenvalue weighted by Gasteiger charge is 2.56. The molecule has 0 atom stereocenters. The standard InChI is InChI=1S/C7F12/c8-4(9,10)2(5(11,12)13)1-3(6(14,15)16)7(17,18)19. The smallest absolute Gasteiger partial charge is 0.165 e. The van der Waals surface area contributed by atoms with E-state index in [0.717, 1.165) is 0 Å². The van der Waals surface area contributed by atoms with E-state index in [4.69, 9.17) is 0 Å². The van der Waals surface area contributed by atoms with Crippen molar-refractivity contribution in [2.45, 2.75) is 24.7 Å². The Labute approximate surface area is 95.5 Å². The van der Waals surface area contributed by atoms with Gasteiger partial charge in [-0.25, -0.2) is 0 Å². The molecular formula is C7F12. The molecule has 0 aliphatic rings. The van der Waals surface area contributed by atoms with Crippen LogP contribution in [0.2, 0.25) is 0 Å². The van der Waals surface area contributed by atoms with E-state index in [9.17, 15) is 52.7 Å². The van der Waals surface area contributed by atoms with Gasteiger partial charge in [0.25, 0.3) is 0 Å². The van der Waals surface area contributed by atoms with Crippen LogP contribution in [-0.4, -0.2) is 24.7 Å². The van der Waals surface area contributed by atoms with Crippen molar-refractivity contribution in [3.8, 4) is 0 Å². The zero-order chi connectivity index (χ0) is 15.9. The van der Waals surface area contributed by atoms with E-state index in [2.05, 4.69) is 0 Å². The van der Waals surface area contributed by atoms with Crippen molar-refractivity contribution in [1.82, 2.24) is 0 Å². The van der Waals surface area contributed by atoms with E-state index in [1.807, 2.05) is 0 Å². The molecule has 0 heterocycles. The fraction of sp³-hybridized carbons (Fsp3) is 0.571. The molecule has 0 radical (unpaired) electrons. The van der Waals surface area contributed by atoms with Crippen molar-refractivity contribution in [3.63, 3.8) is 0 Å². The van der Waals surface area contributed by atoms with Crippen molar-refractivity contribution in [1.29, 1.82) is 0 Å². The second kappa shape index (κ2) is 4.66. The van der Waals surface area contributed by atoms with Gasteiger partial charge in [-0.05, 0) is 0 Å². The average Bonchev–Trinajstić information content (AvgIpc) is 1.91. The molecule has 0 aromatic heterocycles. The molecule has 0 rings (SSSR count). The first kappa shape index (κ1) is 17.7. The zero-order valence-corrected chi connectivity index (χ0v) is 8.04. The molecule has 112 valence electrons. The minimum absolute atomic E-state index is 0.653. The molecule has 19 heavy (non-hydrogen) atoms. The summed E-state index contributed by atoms with van der Waals surface area (Å²) in [6.07, 6.45) is -25.9. The molecule has 0 aromatic rings. The van der Waals surface area contributed by atoms with Crippen LogP contribution < -0.4 is 0 Å². The summed E-state index contributed by atoms with van der Waals surface area (Å²) in [6, 6.07) is 0. The molecule has 0 N–H and O–H groups in total. The largest absolute Gasteiger partial charge is 0.428 e. The summed E-state index contributed by atoms with van der Waals surface area (Å²) in [4.78, 5) is 0. The first-order valence-electron chi connectivity index (χ1n) is 3.77. The average molecular weight is 312 g/mol. The van der Waals surface area contributed by atoms with Crippen LogP contribution in [0.1, 0.15) is 0 Å². The first-order chi connectivity index (χ1) is 7.97. The molecule has 0 bridgehead atoms. The number of hydrogen-bond acceptors (Lipinski definition) is 0. The Bertz CT molecular complexity index is 322. The van der Waals surface area contributed by atoms with Crippen molar-refractivity contribution < 1.29 is 52.7 Å². The highest BCUT2D eigenvalue weighted by molar-refractivity contribution is 5.23. The van der Waals surface area contributed by atoms with E-state index in [1.165, 1.54) is 0 Å². The first-order valence-corrected chi connectivity index (χ1v) is 3.77. The van der Waals surface area contributed by atoms with Gasteiger partial charge in [-0.2, -0.15) is 52.7 Å². The lowest BCUT2D eigenvalue weighted by molar-refractivity contribution is -0.177. The topological polar surface area (TPSA) is 0 Å². The van der Waals surface area contributed by atoms with Crippen molar-refractivity contribution in [2.75, 3.05) is 0 Å². The highest BCUT2D eigenvalue weighted by Crippen LogP contribution is 2.42. The summed E-state index contributed by atoms with van der Waals surface area (Å²) >= 11 is 0. The Morgan fingerprint density at radius 1 is 0.421 bits per heavy atom. The Balaban J connectivity index is 6.49. The number of rotatable bonds is 0. The van der Waals surface area contributed by atoms with Gasteiger partial charge >= 0.3 is 24.7 Å².